The standard InChI is InChI=1S/C15H15Cl3FN5/c1-23-2-4-24(5-3-23)15-21-7-9(14(20)22-15)8-6-10(19)12(17)13(18)11(8)16/h6-7H,2-5H2,1H3,(H2,20,21,22). The predicted octanol–water partition coefficient (Wildman–Crippen LogP) is 3.58. The number of likely N-dealkylation sites (N-methyl/N-ethyl adjacent to an activating group) is 1. The van der Waals surface area contributed by atoms with Gasteiger partial charge >= 0.3 is 0 Å². The van der Waals surface area contributed by atoms with Crippen molar-refractivity contribution in [2.45, 2.75) is 0 Å². The summed E-state index contributed by atoms with van der Waals surface area (Å²) >= 11 is 17.9. The Morgan fingerprint density at radius 2 is 1.71 bits per heavy atom. The number of aromatic nitrogens is 2. The molecule has 5 nitrogen and oxygen atoms in total. The summed E-state index contributed by atoms with van der Waals surface area (Å²) in [5.74, 6) is 0.0724. The van der Waals surface area contributed by atoms with E-state index in [1.165, 1.54) is 12.3 Å². The molecule has 0 bridgehead atoms. The van der Waals surface area contributed by atoms with Crippen LogP contribution in [0.2, 0.25) is 15.1 Å². The maximum absolute atomic E-state index is 13.9. The maximum Gasteiger partial charge on any atom is 0.227 e. The first-order valence-electron chi connectivity index (χ1n) is 7.28. The fourth-order valence-electron chi connectivity index (χ4n) is 2.52. The van der Waals surface area contributed by atoms with Gasteiger partial charge in [-0.05, 0) is 13.1 Å². The van der Waals surface area contributed by atoms with Crippen LogP contribution in [0.5, 0.6) is 0 Å². The van der Waals surface area contributed by atoms with E-state index in [-0.39, 0.29) is 20.9 Å². The van der Waals surface area contributed by atoms with Crippen molar-refractivity contribution < 1.29 is 4.39 Å². The quantitative estimate of drug-likeness (QED) is 0.627. The van der Waals surface area contributed by atoms with Crippen molar-refractivity contribution in [3.8, 4) is 11.1 Å². The minimum Gasteiger partial charge on any atom is -0.383 e. The summed E-state index contributed by atoms with van der Waals surface area (Å²) in [5, 5.41) is -0.166. The Morgan fingerprint density at radius 1 is 1.04 bits per heavy atom. The largest absolute Gasteiger partial charge is 0.383 e. The highest BCUT2D eigenvalue weighted by Crippen LogP contribution is 2.41. The number of nitrogens with two attached hydrogens (primary N) is 1. The number of hydrogen-bond acceptors (Lipinski definition) is 5. The molecule has 0 spiro atoms. The van der Waals surface area contributed by atoms with Crippen LogP contribution >= 0.6 is 34.8 Å². The lowest BCUT2D eigenvalue weighted by Gasteiger charge is -2.32. The minimum absolute atomic E-state index is 0.0594. The van der Waals surface area contributed by atoms with Crippen LogP contribution in [0.4, 0.5) is 16.2 Å². The maximum atomic E-state index is 13.9. The first kappa shape index (κ1) is 17.5. The Kier molecular flexibility index (Phi) is 5.01. The van der Waals surface area contributed by atoms with Crippen LogP contribution in [0, 0.1) is 5.82 Å². The number of nitrogen functional groups attached to an aromatic ring is 1. The number of hydrogen-bond donors (Lipinski definition) is 1. The summed E-state index contributed by atoms with van der Waals surface area (Å²) in [6.07, 6.45) is 1.53. The van der Waals surface area contributed by atoms with Crippen LogP contribution in [0.1, 0.15) is 0 Å². The molecular formula is C15H15Cl3FN5. The third kappa shape index (κ3) is 3.24. The van der Waals surface area contributed by atoms with Crippen LogP contribution < -0.4 is 10.6 Å². The summed E-state index contributed by atoms with van der Waals surface area (Å²) < 4.78 is 13.9. The normalized spacial score (nSPS) is 15.8. The number of halogens is 4. The highest BCUT2D eigenvalue weighted by Gasteiger charge is 2.20. The highest BCUT2D eigenvalue weighted by atomic mass is 35.5. The number of nitrogens with zero attached hydrogens (tertiary/aromatic N) is 4. The number of rotatable bonds is 2. The van der Waals surface area contributed by atoms with Gasteiger partial charge in [0.1, 0.15) is 11.6 Å². The fraction of sp³-hybridized carbons (Fsp3) is 0.333. The number of benzene rings is 1. The summed E-state index contributed by atoms with van der Waals surface area (Å²) in [4.78, 5) is 13.0. The van der Waals surface area contributed by atoms with E-state index in [2.05, 4.69) is 26.8 Å². The van der Waals surface area contributed by atoms with Gasteiger partial charge in [0.25, 0.3) is 0 Å². The molecule has 0 radical (unpaired) electrons. The average molecular weight is 391 g/mol. The van der Waals surface area contributed by atoms with Crippen molar-refractivity contribution in [1.82, 2.24) is 14.9 Å². The average Bonchev–Trinajstić information content (AvgIpc) is 2.57. The van der Waals surface area contributed by atoms with Gasteiger partial charge in [0.05, 0.1) is 15.1 Å². The molecule has 0 atom stereocenters. The molecule has 1 aliphatic rings. The van der Waals surface area contributed by atoms with Crippen molar-refractivity contribution in [2.75, 3.05) is 43.9 Å². The Morgan fingerprint density at radius 3 is 2.33 bits per heavy atom. The van der Waals surface area contributed by atoms with E-state index in [1.807, 2.05) is 0 Å². The van der Waals surface area contributed by atoms with Gasteiger partial charge in [-0.3, -0.25) is 0 Å². The van der Waals surface area contributed by atoms with E-state index in [0.717, 1.165) is 26.2 Å². The predicted molar refractivity (Wildman–Crippen MR) is 96.6 cm³/mol. The lowest BCUT2D eigenvalue weighted by atomic mass is 10.1. The van der Waals surface area contributed by atoms with Gasteiger partial charge in [-0.15, -0.1) is 0 Å². The van der Waals surface area contributed by atoms with Gasteiger partial charge in [0, 0.05) is 43.5 Å². The zero-order valence-corrected chi connectivity index (χ0v) is 15.1. The molecule has 0 saturated carbocycles. The van der Waals surface area contributed by atoms with Crippen molar-refractivity contribution in [3.05, 3.63) is 33.1 Å². The Hall–Kier alpha value is -1.34. The van der Waals surface area contributed by atoms with Crippen LogP contribution in [0.3, 0.4) is 0 Å². The molecule has 2 N–H and O–H groups in total. The van der Waals surface area contributed by atoms with E-state index in [1.54, 1.807) is 0 Å². The molecule has 2 aromatic rings. The Balaban J connectivity index is 1.97. The second-order valence-corrected chi connectivity index (χ2v) is 6.74. The van der Waals surface area contributed by atoms with Gasteiger partial charge in [-0.25, -0.2) is 9.37 Å². The Labute approximate surface area is 154 Å². The highest BCUT2D eigenvalue weighted by molar-refractivity contribution is 6.49. The lowest BCUT2D eigenvalue weighted by Crippen LogP contribution is -2.45. The molecule has 2 heterocycles. The SMILES string of the molecule is CN1CCN(c2ncc(-c3cc(F)c(Cl)c(Cl)c3Cl)c(N)n2)CC1. The third-order valence-corrected chi connectivity index (χ3v) is 5.32. The molecule has 9 heteroatoms. The van der Waals surface area contributed by atoms with Crippen molar-refractivity contribution >= 4 is 46.6 Å². The molecule has 0 aliphatic carbocycles. The first-order valence-corrected chi connectivity index (χ1v) is 8.41. The van der Waals surface area contributed by atoms with Gasteiger partial charge in [0.2, 0.25) is 5.95 Å². The van der Waals surface area contributed by atoms with Crippen LogP contribution in [-0.2, 0) is 0 Å². The molecule has 1 aromatic carbocycles. The topological polar surface area (TPSA) is 58.3 Å². The van der Waals surface area contributed by atoms with E-state index in [0.29, 0.717) is 17.1 Å². The summed E-state index contributed by atoms with van der Waals surface area (Å²) in [7, 11) is 2.07. The molecule has 0 unspecified atom stereocenters. The van der Waals surface area contributed by atoms with Gasteiger partial charge in [0.15, 0.2) is 0 Å². The molecule has 1 saturated heterocycles. The van der Waals surface area contributed by atoms with E-state index < -0.39 is 5.82 Å². The van der Waals surface area contributed by atoms with E-state index in [4.69, 9.17) is 40.5 Å². The van der Waals surface area contributed by atoms with Crippen LogP contribution in [0.15, 0.2) is 12.3 Å². The molecule has 3 rings (SSSR count). The van der Waals surface area contributed by atoms with Crippen molar-refractivity contribution in [3.63, 3.8) is 0 Å². The van der Waals surface area contributed by atoms with Crippen LogP contribution in [0.25, 0.3) is 11.1 Å². The molecule has 1 aromatic heterocycles. The zero-order chi connectivity index (χ0) is 17.4. The second-order valence-electron chi connectivity index (χ2n) is 5.61. The molecular weight excluding hydrogens is 376 g/mol. The first-order chi connectivity index (χ1) is 11.4. The monoisotopic (exact) mass is 389 g/mol. The smallest absolute Gasteiger partial charge is 0.227 e. The lowest BCUT2D eigenvalue weighted by molar-refractivity contribution is 0.311. The molecule has 0 amide bonds. The fourth-order valence-corrected chi connectivity index (χ4v) is 3.16. The van der Waals surface area contributed by atoms with Gasteiger partial charge in [-0.1, -0.05) is 34.8 Å². The summed E-state index contributed by atoms with van der Waals surface area (Å²) in [6, 6.07) is 1.18. The van der Waals surface area contributed by atoms with Gasteiger partial charge in [-0.2, -0.15) is 4.98 Å². The van der Waals surface area contributed by atoms with Crippen LogP contribution in [-0.4, -0.2) is 48.1 Å². The number of piperazine rings is 1. The Bertz CT molecular complexity index is 778. The second kappa shape index (κ2) is 6.88. The van der Waals surface area contributed by atoms with E-state index in [9.17, 15) is 4.39 Å². The van der Waals surface area contributed by atoms with Gasteiger partial charge < -0.3 is 15.5 Å². The molecule has 1 aliphatic heterocycles. The molecule has 24 heavy (non-hydrogen) atoms. The molecule has 1 fully saturated rings. The van der Waals surface area contributed by atoms with E-state index >= 15 is 0 Å². The number of anilines is 2. The molecule has 128 valence electrons. The van der Waals surface area contributed by atoms with Crippen molar-refractivity contribution in [1.29, 1.82) is 0 Å². The zero-order valence-electron chi connectivity index (χ0n) is 12.9. The third-order valence-electron chi connectivity index (χ3n) is 3.98. The van der Waals surface area contributed by atoms with Crippen molar-refractivity contribution in [2.24, 2.45) is 0 Å². The minimum atomic E-state index is -0.677. The summed E-state index contributed by atoms with van der Waals surface area (Å²) in [6.45, 7) is 3.48. The summed E-state index contributed by atoms with van der Waals surface area (Å²) in [5.41, 5.74) is 6.77.